The van der Waals surface area contributed by atoms with Crippen molar-refractivity contribution < 1.29 is 0 Å². The number of pyridine rings is 1. The van der Waals surface area contributed by atoms with E-state index in [9.17, 15) is 0 Å². The minimum absolute atomic E-state index is 0.136. The van der Waals surface area contributed by atoms with Crippen molar-refractivity contribution in [2.75, 3.05) is 5.32 Å². The molecule has 4 rings (SSSR count). The van der Waals surface area contributed by atoms with Crippen LogP contribution in [-0.4, -0.2) is 15.2 Å². The molecule has 0 aliphatic rings. The summed E-state index contributed by atoms with van der Waals surface area (Å²) in [7, 11) is 0. The smallest absolute Gasteiger partial charge is 0.153 e. The Morgan fingerprint density at radius 1 is 0.885 bits per heavy atom. The van der Waals surface area contributed by atoms with Crippen molar-refractivity contribution in [3.63, 3.8) is 0 Å². The SMILES string of the molecule is CC(C)(C)c1ccc(-c2nc(Nc3cc[nH]n3)cc3ccccc23)cc1. The lowest BCUT2D eigenvalue weighted by Gasteiger charge is -2.19. The first-order valence-corrected chi connectivity index (χ1v) is 8.78. The number of aromatic nitrogens is 3. The molecule has 0 radical (unpaired) electrons. The molecule has 0 saturated carbocycles. The molecule has 0 aliphatic carbocycles. The van der Waals surface area contributed by atoms with Gasteiger partial charge in [0.1, 0.15) is 5.82 Å². The summed E-state index contributed by atoms with van der Waals surface area (Å²) in [6.07, 6.45) is 1.79. The van der Waals surface area contributed by atoms with Crippen LogP contribution < -0.4 is 5.32 Å². The van der Waals surface area contributed by atoms with Crippen LogP contribution in [-0.2, 0) is 5.41 Å². The first-order valence-electron chi connectivity index (χ1n) is 8.78. The van der Waals surface area contributed by atoms with Gasteiger partial charge in [-0.05, 0) is 22.4 Å². The zero-order valence-corrected chi connectivity index (χ0v) is 15.2. The van der Waals surface area contributed by atoms with E-state index >= 15 is 0 Å². The zero-order chi connectivity index (χ0) is 18.1. The fraction of sp³-hybridized carbons (Fsp3) is 0.182. The molecular formula is C22H22N4. The molecule has 0 amide bonds. The number of benzene rings is 2. The molecule has 2 aromatic carbocycles. The Morgan fingerprint density at radius 2 is 1.65 bits per heavy atom. The van der Waals surface area contributed by atoms with E-state index in [4.69, 9.17) is 4.98 Å². The molecule has 0 unspecified atom stereocenters. The van der Waals surface area contributed by atoms with E-state index < -0.39 is 0 Å². The third-order valence-electron chi connectivity index (χ3n) is 4.52. The van der Waals surface area contributed by atoms with Crippen molar-refractivity contribution in [2.24, 2.45) is 0 Å². The van der Waals surface area contributed by atoms with Gasteiger partial charge in [-0.1, -0.05) is 69.3 Å². The highest BCUT2D eigenvalue weighted by atomic mass is 15.2. The van der Waals surface area contributed by atoms with Crippen molar-refractivity contribution in [3.05, 3.63) is 72.4 Å². The number of hydrogen-bond donors (Lipinski definition) is 2. The van der Waals surface area contributed by atoms with Crippen LogP contribution in [0, 0.1) is 0 Å². The van der Waals surface area contributed by atoms with E-state index in [0.29, 0.717) is 0 Å². The van der Waals surface area contributed by atoms with Gasteiger partial charge in [-0.25, -0.2) is 4.98 Å². The van der Waals surface area contributed by atoms with E-state index in [1.54, 1.807) is 6.20 Å². The highest BCUT2D eigenvalue weighted by Crippen LogP contribution is 2.31. The van der Waals surface area contributed by atoms with Crippen LogP contribution in [0.5, 0.6) is 0 Å². The number of hydrogen-bond acceptors (Lipinski definition) is 3. The Hall–Kier alpha value is -3.14. The Kier molecular flexibility index (Phi) is 3.96. The number of fused-ring (bicyclic) bond motifs is 1. The van der Waals surface area contributed by atoms with Crippen LogP contribution in [0.3, 0.4) is 0 Å². The van der Waals surface area contributed by atoms with Gasteiger partial charge in [-0.3, -0.25) is 5.10 Å². The fourth-order valence-electron chi connectivity index (χ4n) is 3.07. The van der Waals surface area contributed by atoms with Crippen LogP contribution in [0.15, 0.2) is 66.9 Å². The summed E-state index contributed by atoms with van der Waals surface area (Å²) in [6, 6.07) is 21.0. The first kappa shape index (κ1) is 16.3. The highest BCUT2D eigenvalue weighted by Gasteiger charge is 2.14. The van der Waals surface area contributed by atoms with Gasteiger partial charge < -0.3 is 5.32 Å². The molecule has 4 heteroatoms. The van der Waals surface area contributed by atoms with E-state index in [1.807, 2.05) is 12.1 Å². The summed E-state index contributed by atoms with van der Waals surface area (Å²) >= 11 is 0. The Bertz CT molecular complexity index is 1030. The topological polar surface area (TPSA) is 53.6 Å². The summed E-state index contributed by atoms with van der Waals surface area (Å²) in [5.41, 5.74) is 3.54. The molecule has 0 bridgehead atoms. The third kappa shape index (κ3) is 3.18. The van der Waals surface area contributed by atoms with Crippen LogP contribution in [0.2, 0.25) is 0 Å². The van der Waals surface area contributed by atoms with E-state index in [2.05, 4.69) is 84.8 Å². The average molecular weight is 342 g/mol. The number of anilines is 2. The molecule has 0 aliphatic heterocycles. The van der Waals surface area contributed by atoms with Gasteiger partial charge in [0.25, 0.3) is 0 Å². The lowest BCUT2D eigenvalue weighted by molar-refractivity contribution is 0.590. The van der Waals surface area contributed by atoms with Crippen molar-refractivity contribution in [3.8, 4) is 11.3 Å². The number of nitrogens with zero attached hydrogens (tertiary/aromatic N) is 2. The minimum Gasteiger partial charge on any atom is -0.323 e. The predicted octanol–water partition coefficient (Wildman–Crippen LogP) is 5.67. The zero-order valence-electron chi connectivity index (χ0n) is 15.2. The molecule has 2 N–H and O–H groups in total. The second-order valence-corrected chi connectivity index (χ2v) is 7.49. The molecule has 0 atom stereocenters. The normalized spacial score (nSPS) is 11.7. The van der Waals surface area contributed by atoms with Crippen LogP contribution >= 0.6 is 0 Å². The molecule has 0 spiro atoms. The Morgan fingerprint density at radius 3 is 2.35 bits per heavy atom. The standard InChI is InChI=1S/C22H22N4/c1-22(2,3)17-10-8-15(9-11-17)21-18-7-5-4-6-16(18)14-20(25-21)24-19-12-13-23-26-19/h4-14H,1-3H3,(H2,23,24,25,26). The molecule has 2 aromatic heterocycles. The van der Waals surface area contributed by atoms with Gasteiger partial charge in [0, 0.05) is 23.2 Å². The van der Waals surface area contributed by atoms with Crippen molar-refractivity contribution in [1.82, 2.24) is 15.2 Å². The van der Waals surface area contributed by atoms with Crippen molar-refractivity contribution in [1.29, 1.82) is 0 Å². The van der Waals surface area contributed by atoms with Crippen LogP contribution in [0.4, 0.5) is 11.6 Å². The summed E-state index contributed by atoms with van der Waals surface area (Å²) in [4.78, 5) is 4.87. The van der Waals surface area contributed by atoms with Gasteiger partial charge in [0.05, 0.1) is 5.69 Å². The maximum absolute atomic E-state index is 4.87. The van der Waals surface area contributed by atoms with E-state index in [-0.39, 0.29) is 5.41 Å². The molecule has 4 aromatic rings. The summed E-state index contributed by atoms with van der Waals surface area (Å²) in [6.45, 7) is 6.68. The number of H-pyrrole nitrogens is 1. The molecule has 0 saturated heterocycles. The fourth-order valence-corrected chi connectivity index (χ4v) is 3.07. The highest BCUT2D eigenvalue weighted by molar-refractivity contribution is 5.96. The van der Waals surface area contributed by atoms with Gasteiger partial charge in [0.2, 0.25) is 0 Å². The monoisotopic (exact) mass is 342 g/mol. The van der Waals surface area contributed by atoms with Crippen LogP contribution in [0.1, 0.15) is 26.3 Å². The molecule has 2 heterocycles. The predicted molar refractivity (Wildman–Crippen MR) is 108 cm³/mol. The number of rotatable bonds is 3. The second kappa shape index (κ2) is 6.30. The van der Waals surface area contributed by atoms with Crippen LogP contribution in [0.25, 0.3) is 22.0 Å². The molecule has 4 nitrogen and oxygen atoms in total. The van der Waals surface area contributed by atoms with E-state index in [0.717, 1.165) is 33.7 Å². The maximum atomic E-state index is 4.87. The summed E-state index contributed by atoms with van der Waals surface area (Å²) < 4.78 is 0. The average Bonchev–Trinajstić information content (AvgIpc) is 3.13. The van der Waals surface area contributed by atoms with Crippen molar-refractivity contribution in [2.45, 2.75) is 26.2 Å². The van der Waals surface area contributed by atoms with Gasteiger partial charge in [-0.2, -0.15) is 5.10 Å². The summed E-state index contributed by atoms with van der Waals surface area (Å²) in [5.74, 6) is 1.53. The van der Waals surface area contributed by atoms with E-state index in [1.165, 1.54) is 5.56 Å². The number of aromatic amines is 1. The van der Waals surface area contributed by atoms with Gasteiger partial charge >= 0.3 is 0 Å². The third-order valence-corrected chi connectivity index (χ3v) is 4.52. The lowest BCUT2D eigenvalue weighted by Crippen LogP contribution is -2.10. The minimum atomic E-state index is 0.136. The largest absolute Gasteiger partial charge is 0.323 e. The summed E-state index contributed by atoms with van der Waals surface area (Å²) in [5, 5.41) is 12.5. The number of nitrogens with one attached hydrogen (secondary N) is 2. The molecular weight excluding hydrogens is 320 g/mol. The molecule has 26 heavy (non-hydrogen) atoms. The Labute approximate surface area is 153 Å². The second-order valence-electron chi connectivity index (χ2n) is 7.49. The van der Waals surface area contributed by atoms with Gasteiger partial charge in [0.15, 0.2) is 5.82 Å². The Balaban J connectivity index is 1.82. The van der Waals surface area contributed by atoms with Gasteiger partial charge in [-0.15, -0.1) is 0 Å². The first-order chi connectivity index (χ1) is 12.5. The lowest BCUT2D eigenvalue weighted by atomic mass is 9.86. The maximum Gasteiger partial charge on any atom is 0.153 e. The molecule has 130 valence electrons. The van der Waals surface area contributed by atoms with Crippen molar-refractivity contribution >= 4 is 22.4 Å². The molecule has 0 fully saturated rings. The quantitative estimate of drug-likeness (QED) is 0.504.